The first-order valence-electron chi connectivity index (χ1n) is 8.28. The smallest absolute Gasteiger partial charge is 0.279 e. The number of rotatable bonds is 5. The lowest BCUT2D eigenvalue weighted by molar-refractivity contribution is -0.684. The second kappa shape index (κ2) is 6.45. The SMILES string of the molecule is C[C@H]([NH2+]CC(=O)Nc1ccc2oc3ccccc3c2c1)c1ccco1. The Hall–Kier alpha value is -3.05. The lowest BCUT2D eigenvalue weighted by atomic mass is 10.1. The fraction of sp³-hybridized carbons (Fsp3) is 0.150. The van der Waals surface area contributed by atoms with Crippen molar-refractivity contribution in [1.82, 2.24) is 0 Å². The number of carbonyl (C=O) groups is 1. The molecular formula is C20H19N2O3+. The van der Waals surface area contributed by atoms with Crippen LogP contribution in [0.5, 0.6) is 0 Å². The van der Waals surface area contributed by atoms with E-state index in [4.69, 9.17) is 8.83 Å². The fourth-order valence-electron chi connectivity index (χ4n) is 2.97. The molecule has 5 nitrogen and oxygen atoms in total. The Kier molecular flexibility index (Phi) is 3.99. The van der Waals surface area contributed by atoms with Gasteiger partial charge in [0.25, 0.3) is 5.91 Å². The summed E-state index contributed by atoms with van der Waals surface area (Å²) in [7, 11) is 0. The summed E-state index contributed by atoms with van der Waals surface area (Å²) in [6.45, 7) is 2.34. The van der Waals surface area contributed by atoms with E-state index in [-0.39, 0.29) is 11.9 Å². The van der Waals surface area contributed by atoms with Crippen LogP contribution >= 0.6 is 0 Å². The highest BCUT2D eigenvalue weighted by Gasteiger charge is 2.14. The Balaban J connectivity index is 1.46. The van der Waals surface area contributed by atoms with Crippen molar-refractivity contribution in [2.45, 2.75) is 13.0 Å². The molecule has 1 atom stereocenters. The van der Waals surface area contributed by atoms with Gasteiger partial charge in [-0.2, -0.15) is 0 Å². The van der Waals surface area contributed by atoms with E-state index in [0.29, 0.717) is 6.54 Å². The van der Waals surface area contributed by atoms with E-state index < -0.39 is 0 Å². The van der Waals surface area contributed by atoms with Crippen LogP contribution < -0.4 is 10.6 Å². The number of nitrogens with one attached hydrogen (secondary N) is 1. The summed E-state index contributed by atoms with van der Waals surface area (Å²) in [4.78, 5) is 12.2. The van der Waals surface area contributed by atoms with Crippen molar-refractivity contribution in [2.75, 3.05) is 11.9 Å². The minimum Gasteiger partial charge on any atom is -0.463 e. The molecule has 2 heterocycles. The molecule has 25 heavy (non-hydrogen) atoms. The fourth-order valence-corrected chi connectivity index (χ4v) is 2.97. The topological polar surface area (TPSA) is 72.0 Å². The third kappa shape index (κ3) is 3.14. The van der Waals surface area contributed by atoms with Gasteiger partial charge in [0, 0.05) is 16.5 Å². The minimum absolute atomic E-state index is 0.0504. The molecule has 0 unspecified atom stereocenters. The van der Waals surface area contributed by atoms with Gasteiger partial charge in [-0.25, -0.2) is 0 Å². The zero-order chi connectivity index (χ0) is 17.2. The molecule has 3 N–H and O–H groups in total. The van der Waals surface area contributed by atoms with Crippen LogP contribution in [0.25, 0.3) is 21.9 Å². The summed E-state index contributed by atoms with van der Waals surface area (Å²) >= 11 is 0. The van der Waals surface area contributed by atoms with Gasteiger partial charge in [-0.1, -0.05) is 18.2 Å². The summed E-state index contributed by atoms with van der Waals surface area (Å²) in [6.07, 6.45) is 1.64. The van der Waals surface area contributed by atoms with Gasteiger partial charge in [0.1, 0.15) is 17.2 Å². The second-order valence-electron chi connectivity index (χ2n) is 6.10. The number of furan rings is 2. The van der Waals surface area contributed by atoms with E-state index in [2.05, 4.69) is 5.32 Å². The van der Waals surface area contributed by atoms with Crippen LogP contribution in [0.15, 0.2) is 69.7 Å². The highest BCUT2D eigenvalue weighted by molar-refractivity contribution is 6.06. The molecule has 0 bridgehead atoms. The molecule has 0 aliphatic heterocycles. The lowest BCUT2D eigenvalue weighted by Crippen LogP contribution is -2.86. The maximum Gasteiger partial charge on any atom is 0.279 e. The number of quaternary nitrogens is 1. The van der Waals surface area contributed by atoms with E-state index in [1.54, 1.807) is 6.26 Å². The third-order valence-corrected chi connectivity index (χ3v) is 4.31. The van der Waals surface area contributed by atoms with Gasteiger partial charge in [-0.3, -0.25) is 4.79 Å². The van der Waals surface area contributed by atoms with Crippen LogP contribution in [0, 0.1) is 0 Å². The van der Waals surface area contributed by atoms with Gasteiger partial charge in [0.05, 0.1) is 6.26 Å². The number of fused-ring (bicyclic) bond motifs is 3. The standard InChI is InChI=1S/C20H18N2O3/c1-13(17-7-4-10-24-17)21-12-20(23)22-14-8-9-19-16(11-14)15-5-2-3-6-18(15)25-19/h2-11,13,21H,12H2,1H3,(H,22,23)/p+1/t13-/m0/s1. The van der Waals surface area contributed by atoms with E-state index >= 15 is 0 Å². The molecule has 5 heteroatoms. The summed E-state index contributed by atoms with van der Waals surface area (Å²) in [5, 5.41) is 6.94. The van der Waals surface area contributed by atoms with Crippen LogP contribution in [0.2, 0.25) is 0 Å². The van der Waals surface area contributed by atoms with Crippen LogP contribution in [-0.2, 0) is 4.79 Å². The Bertz CT molecular complexity index is 1020. The average Bonchev–Trinajstić information content (AvgIpc) is 3.27. The maximum atomic E-state index is 12.2. The molecule has 1 amide bonds. The molecule has 0 saturated heterocycles. The van der Waals surface area contributed by atoms with Crippen LogP contribution in [0.3, 0.4) is 0 Å². The van der Waals surface area contributed by atoms with Gasteiger partial charge in [0.2, 0.25) is 0 Å². The van der Waals surface area contributed by atoms with Crippen molar-refractivity contribution >= 4 is 33.5 Å². The number of para-hydroxylation sites is 1. The van der Waals surface area contributed by atoms with Gasteiger partial charge in [-0.05, 0) is 43.3 Å². The molecular weight excluding hydrogens is 316 g/mol. The molecule has 0 fully saturated rings. The second-order valence-corrected chi connectivity index (χ2v) is 6.10. The van der Waals surface area contributed by atoms with Crippen molar-refractivity contribution in [3.8, 4) is 0 Å². The highest BCUT2D eigenvalue weighted by Crippen LogP contribution is 2.30. The van der Waals surface area contributed by atoms with E-state index in [1.807, 2.05) is 66.8 Å². The van der Waals surface area contributed by atoms with Crippen molar-refractivity contribution in [3.05, 3.63) is 66.6 Å². The lowest BCUT2D eigenvalue weighted by Gasteiger charge is -2.08. The Morgan fingerprint density at radius 1 is 1.08 bits per heavy atom. The van der Waals surface area contributed by atoms with E-state index in [9.17, 15) is 4.79 Å². The molecule has 0 aliphatic rings. The molecule has 0 aliphatic carbocycles. The molecule has 0 spiro atoms. The van der Waals surface area contributed by atoms with E-state index in [0.717, 1.165) is 33.4 Å². The van der Waals surface area contributed by atoms with Gasteiger partial charge >= 0.3 is 0 Å². The summed E-state index contributed by atoms with van der Waals surface area (Å²) in [6, 6.07) is 17.5. The molecule has 4 aromatic rings. The molecule has 126 valence electrons. The monoisotopic (exact) mass is 335 g/mol. The molecule has 4 rings (SSSR count). The maximum absolute atomic E-state index is 12.2. The van der Waals surface area contributed by atoms with Gasteiger partial charge < -0.3 is 19.5 Å². The van der Waals surface area contributed by atoms with Gasteiger partial charge in [0.15, 0.2) is 12.3 Å². The number of anilines is 1. The van der Waals surface area contributed by atoms with Crippen LogP contribution in [0.1, 0.15) is 18.7 Å². The first kappa shape index (κ1) is 15.5. The Labute approximate surface area is 144 Å². The number of benzene rings is 2. The van der Waals surface area contributed by atoms with Crippen molar-refractivity contribution in [2.24, 2.45) is 0 Å². The number of carbonyl (C=O) groups excluding carboxylic acids is 1. The first-order chi connectivity index (χ1) is 12.2. The summed E-state index contributed by atoms with van der Waals surface area (Å²) in [5.74, 6) is 0.810. The molecule has 0 saturated carbocycles. The predicted octanol–water partition coefficient (Wildman–Crippen LogP) is 3.44. The van der Waals surface area contributed by atoms with Crippen LogP contribution in [0.4, 0.5) is 5.69 Å². The Morgan fingerprint density at radius 3 is 2.76 bits per heavy atom. The Morgan fingerprint density at radius 2 is 1.92 bits per heavy atom. The zero-order valence-electron chi connectivity index (χ0n) is 13.9. The first-order valence-corrected chi connectivity index (χ1v) is 8.28. The van der Waals surface area contributed by atoms with Crippen molar-refractivity contribution in [1.29, 1.82) is 0 Å². The highest BCUT2D eigenvalue weighted by atomic mass is 16.3. The molecule has 0 radical (unpaired) electrons. The number of amides is 1. The number of nitrogens with two attached hydrogens (primary N) is 1. The molecule has 2 aromatic heterocycles. The number of hydrogen-bond acceptors (Lipinski definition) is 3. The summed E-state index contributed by atoms with van der Waals surface area (Å²) in [5.41, 5.74) is 2.43. The normalized spacial score (nSPS) is 12.5. The van der Waals surface area contributed by atoms with Crippen molar-refractivity contribution < 1.29 is 18.9 Å². The quantitative estimate of drug-likeness (QED) is 0.587. The predicted molar refractivity (Wildman–Crippen MR) is 96.3 cm³/mol. The number of hydrogen-bond donors (Lipinski definition) is 2. The van der Waals surface area contributed by atoms with Crippen molar-refractivity contribution in [3.63, 3.8) is 0 Å². The average molecular weight is 335 g/mol. The minimum atomic E-state index is -0.0504. The summed E-state index contributed by atoms with van der Waals surface area (Å²) < 4.78 is 11.2. The van der Waals surface area contributed by atoms with Crippen LogP contribution in [-0.4, -0.2) is 12.5 Å². The largest absolute Gasteiger partial charge is 0.463 e. The van der Waals surface area contributed by atoms with E-state index in [1.165, 1.54) is 0 Å². The molecule has 2 aromatic carbocycles. The van der Waals surface area contributed by atoms with Gasteiger partial charge in [-0.15, -0.1) is 0 Å². The third-order valence-electron chi connectivity index (χ3n) is 4.31. The zero-order valence-corrected chi connectivity index (χ0v) is 13.9.